The summed E-state index contributed by atoms with van der Waals surface area (Å²) in [5.74, 6) is -2.95. The Balaban J connectivity index is 2.06. The van der Waals surface area contributed by atoms with Crippen LogP contribution < -0.4 is 4.80 Å². The van der Waals surface area contributed by atoms with Crippen LogP contribution in [0.5, 0.6) is 0 Å². The van der Waals surface area contributed by atoms with Gasteiger partial charge in [0.1, 0.15) is 12.4 Å². The smallest absolute Gasteiger partial charge is 0.325 e. The Morgan fingerprint density at radius 1 is 1.29 bits per heavy atom. The highest BCUT2D eigenvalue weighted by molar-refractivity contribution is 7.16. The normalized spacial score (nSPS) is 12.1. The fraction of sp³-hybridized carbons (Fsp3) is 0.105. The Morgan fingerprint density at radius 2 is 2.04 bits per heavy atom. The zero-order chi connectivity index (χ0) is 20.3. The van der Waals surface area contributed by atoms with Crippen molar-refractivity contribution in [1.29, 1.82) is 0 Å². The van der Waals surface area contributed by atoms with E-state index in [0.717, 1.165) is 17.4 Å². The van der Waals surface area contributed by atoms with Crippen molar-refractivity contribution in [2.75, 3.05) is 7.11 Å². The lowest BCUT2D eigenvalue weighted by molar-refractivity contribution is -0.141. The average molecular weight is 423 g/mol. The molecule has 0 radical (unpaired) electrons. The number of amides is 1. The number of esters is 1. The first-order chi connectivity index (χ1) is 13.4. The molecule has 0 aliphatic heterocycles. The lowest BCUT2D eigenvalue weighted by Crippen LogP contribution is -2.22. The summed E-state index contributed by atoms with van der Waals surface area (Å²) < 4.78 is 33.8. The second-order valence-electron chi connectivity index (χ2n) is 5.59. The van der Waals surface area contributed by atoms with Crippen LogP contribution in [0.4, 0.5) is 8.78 Å². The van der Waals surface area contributed by atoms with E-state index in [2.05, 4.69) is 9.73 Å². The minimum Gasteiger partial charge on any atom is -0.468 e. The Labute approximate surface area is 167 Å². The van der Waals surface area contributed by atoms with E-state index in [1.807, 2.05) is 0 Å². The highest BCUT2D eigenvalue weighted by atomic mass is 35.5. The first kappa shape index (κ1) is 19.9. The van der Waals surface area contributed by atoms with Gasteiger partial charge in [-0.05, 0) is 23.8 Å². The highest BCUT2D eigenvalue weighted by Gasteiger charge is 2.16. The number of aromatic nitrogens is 1. The quantitative estimate of drug-likeness (QED) is 0.472. The van der Waals surface area contributed by atoms with Crippen LogP contribution >= 0.6 is 22.9 Å². The molecule has 2 aromatic carbocycles. The van der Waals surface area contributed by atoms with Crippen molar-refractivity contribution < 1.29 is 23.1 Å². The van der Waals surface area contributed by atoms with Gasteiger partial charge in [-0.3, -0.25) is 9.59 Å². The molecule has 0 spiro atoms. The van der Waals surface area contributed by atoms with Gasteiger partial charge in [0.2, 0.25) is 0 Å². The van der Waals surface area contributed by atoms with Gasteiger partial charge in [0, 0.05) is 17.2 Å². The van der Waals surface area contributed by atoms with Crippen molar-refractivity contribution in [3.63, 3.8) is 0 Å². The van der Waals surface area contributed by atoms with Gasteiger partial charge >= 0.3 is 5.97 Å². The number of benzene rings is 2. The number of hydrogen-bond acceptors (Lipinski definition) is 4. The molecule has 0 aliphatic carbocycles. The number of methoxy groups -OCH3 is 1. The van der Waals surface area contributed by atoms with Crippen molar-refractivity contribution in [2.24, 2.45) is 4.99 Å². The molecule has 0 saturated heterocycles. The lowest BCUT2D eigenvalue weighted by atomic mass is 10.2. The van der Waals surface area contributed by atoms with Gasteiger partial charge in [-0.15, -0.1) is 0 Å². The van der Waals surface area contributed by atoms with Crippen molar-refractivity contribution in [3.8, 4) is 0 Å². The number of hydrogen-bond donors (Lipinski definition) is 0. The van der Waals surface area contributed by atoms with Gasteiger partial charge in [0.15, 0.2) is 10.6 Å². The Hall–Kier alpha value is -2.84. The zero-order valence-corrected chi connectivity index (χ0v) is 16.1. The molecule has 0 unspecified atom stereocenters. The molecule has 1 heterocycles. The van der Waals surface area contributed by atoms with Crippen LogP contribution in [0.3, 0.4) is 0 Å². The molecule has 0 atom stereocenters. The van der Waals surface area contributed by atoms with Crippen LogP contribution in [0.1, 0.15) is 5.56 Å². The standard InChI is InChI=1S/C19H13ClF2N2O3S/c1-27-17(26)10-24-18-14(22)8-12(21)9-15(18)28-19(24)23-16(25)7-6-11-4-2-3-5-13(11)20/h2-9H,10H2,1H3. The summed E-state index contributed by atoms with van der Waals surface area (Å²) in [6.07, 6.45) is 2.69. The maximum atomic E-state index is 14.3. The first-order valence-corrected chi connectivity index (χ1v) is 9.15. The van der Waals surface area contributed by atoms with Gasteiger partial charge in [0.05, 0.1) is 17.3 Å². The Bertz CT molecular complexity index is 1170. The SMILES string of the molecule is COC(=O)Cn1c(=NC(=O)C=Cc2ccccc2Cl)sc2cc(F)cc(F)c21. The monoisotopic (exact) mass is 422 g/mol. The fourth-order valence-electron chi connectivity index (χ4n) is 2.46. The van der Waals surface area contributed by atoms with Gasteiger partial charge in [-0.2, -0.15) is 4.99 Å². The number of carbonyl (C=O) groups is 2. The molecule has 9 heteroatoms. The molecule has 0 saturated carbocycles. The second kappa shape index (κ2) is 8.45. The largest absolute Gasteiger partial charge is 0.468 e. The molecular formula is C19H13ClF2N2O3S. The fourth-order valence-corrected chi connectivity index (χ4v) is 3.73. The molecule has 28 heavy (non-hydrogen) atoms. The molecule has 3 rings (SSSR count). The molecule has 1 amide bonds. The van der Waals surface area contributed by atoms with Crippen molar-refractivity contribution >= 4 is 51.1 Å². The number of halogens is 3. The van der Waals surface area contributed by atoms with E-state index in [0.29, 0.717) is 16.7 Å². The first-order valence-electron chi connectivity index (χ1n) is 7.95. The van der Waals surface area contributed by atoms with Crippen molar-refractivity contribution in [3.05, 3.63) is 69.5 Å². The number of rotatable bonds is 4. The van der Waals surface area contributed by atoms with Gasteiger partial charge in [0.25, 0.3) is 5.91 Å². The average Bonchev–Trinajstić information content (AvgIpc) is 2.97. The predicted octanol–water partition coefficient (Wildman–Crippen LogP) is 3.95. The van der Waals surface area contributed by atoms with Gasteiger partial charge < -0.3 is 9.30 Å². The van der Waals surface area contributed by atoms with E-state index in [9.17, 15) is 18.4 Å². The summed E-state index contributed by atoms with van der Waals surface area (Å²) in [5, 5.41) is 0.465. The molecule has 0 aliphatic rings. The third-order valence-corrected chi connectivity index (χ3v) is 5.10. The third kappa shape index (κ3) is 4.35. The number of thiazole rings is 1. The summed E-state index contributed by atoms with van der Waals surface area (Å²) in [6.45, 7) is -0.376. The summed E-state index contributed by atoms with van der Waals surface area (Å²) in [4.78, 5) is 27.9. The molecule has 0 bridgehead atoms. The molecule has 5 nitrogen and oxygen atoms in total. The highest BCUT2D eigenvalue weighted by Crippen LogP contribution is 2.22. The Morgan fingerprint density at radius 3 is 2.75 bits per heavy atom. The summed E-state index contributed by atoms with van der Waals surface area (Å²) in [6, 6.07) is 8.73. The molecule has 144 valence electrons. The molecule has 0 fully saturated rings. The van der Waals surface area contributed by atoms with E-state index < -0.39 is 23.5 Å². The number of fused-ring (bicyclic) bond motifs is 1. The summed E-state index contributed by atoms with van der Waals surface area (Å²) in [7, 11) is 1.18. The summed E-state index contributed by atoms with van der Waals surface area (Å²) in [5.41, 5.74) is 0.595. The topological polar surface area (TPSA) is 60.7 Å². The van der Waals surface area contributed by atoms with Crippen LogP contribution in [0.25, 0.3) is 16.3 Å². The van der Waals surface area contributed by atoms with E-state index in [1.165, 1.54) is 23.8 Å². The predicted molar refractivity (Wildman–Crippen MR) is 103 cm³/mol. The van der Waals surface area contributed by atoms with E-state index >= 15 is 0 Å². The van der Waals surface area contributed by atoms with Crippen LogP contribution in [0.2, 0.25) is 5.02 Å². The number of carbonyl (C=O) groups excluding carboxylic acids is 2. The van der Waals surface area contributed by atoms with E-state index in [4.69, 9.17) is 11.6 Å². The van der Waals surface area contributed by atoms with E-state index in [1.54, 1.807) is 24.3 Å². The number of ether oxygens (including phenoxy) is 1. The van der Waals surface area contributed by atoms with Crippen LogP contribution in [0, 0.1) is 11.6 Å². The molecular weight excluding hydrogens is 410 g/mol. The maximum Gasteiger partial charge on any atom is 0.325 e. The maximum absolute atomic E-state index is 14.3. The summed E-state index contributed by atoms with van der Waals surface area (Å²) >= 11 is 6.91. The third-order valence-electron chi connectivity index (χ3n) is 3.73. The van der Waals surface area contributed by atoms with Crippen LogP contribution in [-0.4, -0.2) is 23.6 Å². The molecule has 3 aromatic rings. The van der Waals surface area contributed by atoms with Crippen molar-refractivity contribution in [1.82, 2.24) is 4.57 Å². The second-order valence-corrected chi connectivity index (χ2v) is 7.00. The van der Waals surface area contributed by atoms with Gasteiger partial charge in [-0.1, -0.05) is 41.1 Å². The Kier molecular flexibility index (Phi) is 6.01. The minimum absolute atomic E-state index is 0.0292. The molecule has 0 N–H and O–H groups in total. The van der Waals surface area contributed by atoms with E-state index in [-0.39, 0.29) is 21.6 Å². The van der Waals surface area contributed by atoms with Crippen LogP contribution in [0.15, 0.2) is 47.5 Å². The van der Waals surface area contributed by atoms with Gasteiger partial charge in [-0.25, -0.2) is 8.78 Å². The van der Waals surface area contributed by atoms with Crippen molar-refractivity contribution in [2.45, 2.75) is 6.54 Å². The lowest BCUT2D eigenvalue weighted by Gasteiger charge is -2.04. The minimum atomic E-state index is -0.865. The van der Waals surface area contributed by atoms with Crippen LogP contribution in [-0.2, 0) is 20.9 Å². The molecule has 1 aromatic heterocycles. The number of nitrogens with zero attached hydrogens (tertiary/aromatic N) is 2. The zero-order valence-electron chi connectivity index (χ0n) is 14.5.